The fraction of sp³-hybridized carbons (Fsp3) is 0.429. The predicted molar refractivity (Wildman–Crippen MR) is 79.4 cm³/mol. The van der Waals surface area contributed by atoms with Crippen molar-refractivity contribution in [2.24, 2.45) is 0 Å². The van der Waals surface area contributed by atoms with E-state index in [0.29, 0.717) is 11.5 Å². The number of carbonyl (C=O) groups is 1. The molecule has 3 heterocycles. The molecule has 2 N–H and O–H groups in total. The van der Waals surface area contributed by atoms with Gasteiger partial charge in [-0.2, -0.15) is 5.10 Å². The second-order valence-corrected chi connectivity index (χ2v) is 5.20. The highest BCUT2D eigenvalue weighted by Gasteiger charge is 2.15. The van der Waals surface area contributed by atoms with Gasteiger partial charge < -0.3 is 10.2 Å². The predicted octanol–water partition coefficient (Wildman–Crippen LogP) is 1.75. The monoisotopic (exact) mass is 286 g/mol. The Kier molecular flexibility index (Phi) is 3.81. The van der Waals surface area contributed by atoms with E-state index in [2.05, 4.69) is 30.4 Å². The summed E-state index contributed by atoms with van der Waals surface area (Å²) < 4.78 is 0. The van der Waals surface area contributed by atoms with E-state index in [1.807, 2.05) is 6.92 Å². The van der Waals surface area contributed by atoms with Crippen LogP contribution in [-0.2, 0) is 0 Å². The standard InChI is InChI=1S/C14H18N6O/c1-10-7-12(19-18-10)17-14(21)11-8-13(16-9-15-11)20-5-3-2-4-6-20/h7-9H,2-6H2,1H3,(H2,17,18,19,21). The van der Waals surface area contributed by atoms with E-state index >= 15 is 0 Å². The molecule has 1 aliphatic heterocycles. The van der Waals surface area contributed by atoms with Crippen molar-refractivity contribution in [1.29, 1.82) is 0 Å². The fourth-order valence-electron chi connectivity index (χ4n) is 2.43. The van der Waals surface area contributed by atoms with Crippen LogP contribution < -0.4 is 10.2 Å². The summed E-state index contributed by atoms with van der Waals surface area (Å²) in [6.07, 6.45) is 5.03. The van der Waals surface area contributed by atoms with Crippen molar-refractivity contribution in [3.8, 4) is 0 Å². The second kappa shape index (κ2) is 5.90. The van der Waals surface area contributed by atoms with Gasteiger partial charge in [0.1, 0.15) is 17.8 Å². The molecule has 0 radical (unpaired) electrons. The van der Waals surface area contributed by atoms with Gasteiger partial charge in [0.05, 0.1) is 0 Å². The van der Waals surface area contributed by atoms with Crippen LogP contribution in [0.2, 0.25) is 0 Å². The van der Waals surface area contributed by atoms with E-state index in [9.17, 15) is 4.79 Å². The molecule has 1 saturated heterocycles. The minimum absolute atomic E-state index is 0.276. The molecule has 3 rings (SSSR count). The Balaban J connectivity index is 1.74. The molecule has 0 atom stereocenters. The van der Waals surface area contributed by atoms with Gasteiger partial charge in [0.25, 0.3) is 5.91 Å². The number of carbonyl (C=O) groups excluding carboxylic acids is 1. The molecule has 1 aliphatic rings. The van der Waals surface area contributed by atoms with E-state index in [4.69, 9.17) is 0 Å². The third-order valence-corrected chi connectivity index (χ3v) is 3.51. The molecule has 110 valence electrons. The molecule has 1 amide bonds. The summed E-state index contributed by atoms with van der Waals surface area (Å²) in [7, 11) is 0. The number of aromatic nitrogens is 4. The van der Waals surface area contributed by atoms with Crippen molar-refractivity contribution in [1.82, 2.24) is 20.2 Å². The maximum absolute atomic E-state index is 12.2. The van der Waals surface area contributed by atoms with Crippen molar-refractivity contribution < 1.29 is 4.79 Å². The molecular formula is C14H18N6O. The molecule has 0 aliphatic carbocycles. The van der Waals surface area contributed by atoms with Gasteiger partial charge >= 0.3 is 0 Å². The largest absolute Gasteiger partial charge is 0.357 e. The van der Waals surface area contributed by atoms with Gasteiger partial charge in [-0.3, -0.25) is 9.89 Å². The number of nitrogens with zero attached hydrogens (tertiary/aromatic N) is 4. The third-order valence-electron chi connectivity index (χ3n) is 3.51. The van der Waals surface area contributed by atoms with Crippen LogP contribution in [0.5, 0.6) is 0 Å². The molecule has 0 unspecified atom stereocenters. The highest BCUT2D eigenvalue weighted by Crippen LogP contribution is 2.17. The molecule has 21 heavy (non-hydrogen) atoms. The van der Waals surface area contributed by atoms with Crippen LogP contribution in [0.4, 0.5) is 11.6 Å². The molecular weight excluding hydrogens is 268 g/mol. The zero-order valence-electron chi connectivity index (χ0n) is 12.0. The molecule has 0 saturated carbocycles. The summed E-state index contributed by atoms with van der Waals surface area (Å²) in [6, 6.07) is 3.50. The van der Waals surface area contributed by atoms with Crippen LogP contribution in [0, 0.1) is 6.92 Å². The molecule has 0 spiro atoms. The zero-order chi connectivity index (χ0) is 14.7. The SMILES string of the molecule is Cc1cc(NC(=O)c2cc(N3CCCCC3)ncn2)n[nH]1. The number of nitrogens with one attached hydrogen (secondary N) is 2. The van der Waals surface area contributed by atoms with E-state index in [0.717, 1.165) is 37.4 Å². The van der Waals surface area contributed by atoms with Gasteiger partial charge in [0.2, 0.25) is 0 Å². The highest BCUT2D eigenvalue weighted by atomic mass is 16.2. The molecule has 2 aromatic heterocycles. The van der Waals surface area contributed by atoms with Gasteiger partial charge in [-0.1, -0.05) is 0 Å². The van der Waals surface area contributed by atoms with E-state index in [1.54, 1.807) is 12.1 Å². The van der Waals surface area contributed by atoms with Crippen LogP contribution in [0.3, 0.4) is 0 Å². The lowest BCUT2D eigenvalue weighted by atomic mass is 10.1. The van der Waals surface area contributed by atoms with Gasteiger partial charge in [0.15, 0.2) is 5.82 Å². The van der Waals surface area contributed by atoms with Crippen molar-refractivity contribution in [3.05, 3.63) is 29.8 Å². The normalized spacial score (nSPS) is 15.0. The Morgan fingerprint density at radius 2 is 2.05 bits per heavy atom. The minimum Gasteiger partial charge on any atom is -0.357 e. The lowest BCUT2D eigenvalue weighted by molar-refractivity contribution is 0.102. The number of aryl methyl sites for hydroxylation is 1. The summed E-state index contributed by atoms with van der Waals surface area (Å²) in [5.41, 5.74) is 1.24. The van der Waals surface area contributed by atoms with Crippen LogP contribution in [-0.4, -0.2) is 39.2 Å². The molecule has 2 aromatic rings. The molecule has 1 fully saturated rings. The van der Waals surface area contributed by atoms with Gasteiger partial charge in [-0.15, -0.1) is 0 Å². The number of hydrogen-bond donors (Lipinski definition) is 2. The number of aromatic amines is 1. The molecule has 0 aromatic carbocycles. The first-order chi connectivity index (χ1) is 10.2. The van der Waals surface area contributed by atoms with Crippen LogP contribution in [0.25, 0.3) is 0 Å². The topological polar surface area (TPSA) is 86.8 Å². The van der Waals surface area contributed by atoms with Crippen LogP contribution >= 0.6 is 0 Å². The Bertz CT molecular complexity index is 632. The average Bonchev–Trinajstić information content (AvgIpc) is 2.93. The second-order valence-electron chi connectivity index (χ2n) is 5.20. The molecule has 0 bridgehead atoms. The van der Waals surface area contributed by atoms with Crippen LogP contribution in [0.1, 0.15) is 35.4 Å². The Morgan fingerprint density at radius 1 is 1.24 bits per heavy atom. The van der Waals surface area contributed by atoms with Gasteiger partial charge in [-0.25, -0.2) is 9.97 Å². The average molecular weight is 286 g/mol. The molecule has 7 nitrogen and oxygen atoms in total. The number of piperidine rings is 1. The number of H-pyrrole nitrogens is 1. The fourth-order valence-corrected chi connectivity index (χ4v) is 2.43. The van der Waals surface area contributed by atoms with Gasteiger partial charge in [-0.05, 0) is 26.2 Å². The first kappa shape index (κ1) is 13.5. The number of rotatable bonds is 3. The van der Waals surface area contributed by atoms with E-state index in [1.165, 1.54) is 12.7 Å². The lowest BCUT2D eigenvalue weighted by Gasteiger charge is -2.27. The van der Waals surface area contributed by atoms with Crippen molar-refractivity contribution in [2.75, 3.05) is 23.3 Å². The summed E-state index contributed by atoms with van der Waals surface area (Å²) in [5.74, 6) is 1.03. The van der Waals surface area contributed by atoms with Gasteiger partial charge in [0, 0.05) is 30.9 Å². The minimum atomic E-state index is -0.276. The Labute approximate surface area is 122 Å². The number of anilines is 2. The van der Waals surface area contributed by atoms with Crippen molar-refractivity contribution >= 4 is 17.5 Å². The Hall–Kier alpha value is -2.44. The third kappa shape index (κ3) is 3.18. The van der Waals surface area contributed by atoms with Crippen molar-refractivity contribution in [2.45, 2.75) is 26.2 Å². The Morgan fingerprint density at radius 3 is 2.76 bits per heavy atom. The number of amides is 1. The van der Waals surface area contributed by atoms with E-state index < -0.39 is 0 Å². The van der Waals surface area contributed by atoms with Crippen molar-refractivity contribution in [3.63, 3.8) is 0 Å². The first-order valence-electron chi connectivity index (χ1n) is 7.13. The summed E-state index contributed by atoms with van der Waals surface area (Å²) in [6.45, 7) is 3.84. The number of hydrogen-bond acceptors (Lipinski definition) is 5. The quantitative estimate of drug-likeness (QED) is 0.897. The first-order valence-corrected chi connectivity index (χ1v) is 7.13. The smallest absolute Gasteiger partial charge is 0.275 e. The summed E-state index contributed by atoms with van der Waals surface area (Å²) in [4.78, 5) is 22.7. The maximum atomic E-state index is 12.2. The lowest BCUT2D eigenvalue weighted by Crippen LogP contribution is -2.30. The van der Waals surface area contributed by atoms with E-state index in [-0.39, 0.29) is 5.91 Å². The maximum Gasteiger partial charge on any atom is 0.275 e. The summed E-state index contributed by atoms with van der Waals surface area (Å²) >= 11 is 0. The van der Waals surface area contributed by atoms with Crippen LogP contribution in [0.15, 0.2) is 18.5 Å². The molecule has 7 heteroatoms. The zero-order valence-corrected chi connectivity index (χ0v) is 12.0. The summed E-state index contributed by atoms with van der Waals surface area (Å²) in [5, 5.41) is 9.48. The highest BCUT2D eigenvalue weighted by molar-refractivity contribution is 6.02.